The van der Waals surface area contributed by atoms with Crippen molar-refractivity contribution in [2.75, 3.05) is 41.9 Å². The zero-order chi connectivity index (χ0) is 30.1. The summed E-state index contributed by atoms with van der Waals surface area (Å²) in [7, 11) is 3.45. The average molecular weight is 642 g/mol. The molecule has 0 saturated carbocycles. The summed E-state index contributed by atoms with van der Waals surface area (Å²) in [6.45, 7) is 3.13. The molecule has 0 bridgehead atoms. The van der Waals surface area contributed by atoms with Crippen molar-refractivity contribution >= 4 is 53.0 Å². The molecule has 2 aromatic heterocycles. The summed E-state index contributed by atoms with van der Waals surface area (Å²) in [6.07, 6.45) is -4.79. The quantitative estimate of drug-likeness (QED) is 0.387. The van der Waals surface area contributed by atoms with Crippen LogP contribution in [0.3, 0.4) is 0 Å². The van der Waals surface area contributed by atoms with Crippen LogP contribution in [0.5, 0.6) is 0 Å². The number of hydrogen-bond acceptors (Lipinski definition) is 6. The van der Waals surface area contributed by atoms with Crippen molar-refractivity contribution < 1.29 is 27.2 Å². The highest BCUT2D eigenvalue weighted by molar-refractivity contribution is 6.34. The van der Waals surface area contributed by atoms with E-state index in [4.69, 9.17) is 11.6 Å². The van der Waals surface area contributed by atoms with E-state index in [9.17, 15) is 22.8 Å². The summed E-state index contributed by atoms with van der Waals surface area (Å²) in [5.41, 5.74) is 0.203. The summed E-state index contributed by atoms with van der Waals surface area (Å²) in [6, 6.07) is 5.57. The normalized spacial score (nSPS) is 20.8. The van der Waals surface area contributed by atoms with E-state index in [0.29, 0.717) is 41.9 Å². The second-order valence-electron chi connectivity index (χ2n) is 11.1. The molecule has 1 saturated heterocycles. The highest BCUT2D eigenvalue weighted by atomic mass is 35.5. The number of aromatic nitrogens is 3. The Kier molecular flexibility index (Phi) is 8.12. The predicted molar refractivity (Wildman–Crippen MR) is 155 cm³/mol. The molecule has 15 heteroatoms. The van der Waals surface area contributed by atoms with Gasteiger partial charge < -0.3 is 14.4 Å². The molecular weight excluding hydrogens is 613 g/mol. The number of anilines is 3. The van der Waals surface area contributed by atoms with E-state index in [1.54, 1.807) is 27.7 Å². The molecule has 0 spiro atoms. The second kappa shape index (κ2) is 11.3. The van der Waals surface area contributed by atoms with Crippen molar-refractivity contribution in [2.45, 2.75) is 45.2 Å². The van der Waals surface area contributed by atoms with Gasteiger partial charge in [0.1, 0.15) is 23.4 Å². The molecule has 1 fully saturated rings. The molecule has 2 amide bonds. The summed E-state index contributed by atoms with van der Waals surface area (Å²) in [4.78, 5) is 42.5. The molecule has 1 unspecified atom stereocenters. The number of carbonyl (C=O) groups is 2. The van der Waals surface area contributed by atoms with Crippen LogP contribution < -0.4 is 14.7 Å². The standard InChI is InChI=1S/C28H28ClF4N7O2.ClH/c1-15-9-17(28(31,32)33)11-21(34-15)40-23(41)10-16-12-38(13-19-26(30)39-8-7-36(2)14-22(39)35-19)25-18(29)5-4-6-20(25)37(3)27(42)24(16)40;/h4-6,9,11,16,24H,7-8,10,12-14H2,1-3H3;1H/t16?,24-;/m0./s1. The summed E-state index contributed by atoms with van der Waals surface area (Å²) >= 11 is 6.68. The van der Waals surface area contributed by atoms with Gasteiger partial charge >= 0.3 is 6.18 Å². The van der Waals surface area contributed by atoms with Crippen LogP contribution in [0.2, 0.25) is 5.02 Å². The third-order valence-electron chi connectivity index (χ3n) is 8.13. The fourth-order valence-electron chi connectivity index (χ4n) is 6.16. The van der Waals surface area contributed by atoms with Gasteiger partial charge in [-0.2, -0.15) is 17.6 Å². The number of imidazole rings is 1. The molecule has 230 valence electrons. The number of likely N-dealkylation sites (N-methyl/N-ethyl adjacent to an activating group) is 2. The Morgan fingerprint density at radius 3 is 2.56 bits per heavy atom. The van der Waals surface area contributed by atoms with Crippen LogP contribution in [-0.2, 0) is 35.4 Å². The fourth-order valence-corrected chi connectivity index (χ4v) is 6.45. The first-order chi connectivity index (χ1) is 19.8. The number of pyridine rings is 1. The van der Waals surface area contributed by atoms with Gasteiger partial charge in [0.15, 0.2) is 0 Å². The molecule has 43 heavy (non-hydrogen) atoms. The minimum atomic E-state index is -4.67. The highest BCUT2D eigenvalue weighted by Gasteiger charge is 2.49. The SMILES string of the molecule is Cc1cc(C(F)(F)F)cc(N2C(=O)CC3CN(Cc4nc5n(c4F)CCN(C)C5)c4c(Cl)cccc4N(C)C(=O)[C@H]32)n1.Cl. The van der Waals surface area contributed by atoms with Gasteiger partial charge in [-0.05, 0) is 38.2 Å². The number of rotatable bonds is 3. The lowest BCUT2D eigenvalue weighted by Crippen LogP contribution is -2.52. The van der Waals surface area contributed by atoms with Crippen molar-refractivity contribution in [3.8, 4) is 0 Å². The monoisotopic (exact) mass is 641 g/mol. The molecule has 5 heterocycles. The van der Waals surface area contributed by atoms with Gasteiger partial charge in [-0.3, -0.25) is 19.4 Å². The fraction of sp³-hybridized carbons (Fsp3) is 0.429. The molecule has 3 aliphatic rings. The summed E-state index contributed by atoms with van der Waals surface area (Å²) < 4.78 is 58.1. The molecule has 1 aromatic carbocycles. The molecule has 3 aliphatic heterocycles. The van der Waals surface area contributed by atoms with Crippen molar-refractivity contribution in [3.63, 3.8) is 0 Å². The first kappa shape index (κ1) is 31.0. The number of benzene rings is 1. The molecule has 0 N–H and O–H groups in total. The zero-order valence-corrected chi connectivity index (χ0v) is 25.1. The van der Waals surface area contributed by atoms with E-state index in [2.05, 4.69) is 9.97 Å². The van der Waals surface area contributed by atoms with Crippen molar-refractivity contribution in [1.82, 2.24) is 19.4 Å². The van der Waals surface area contributed by atoms with Gasteiger partial charge in [-0.15, -0.1) is 12.4 Å². The van der Waals surface area contributed by atoms with Gasteiger partial charge in [-0.25, -0.2) is 9.97 Å². The van der Waals surface area contributed by atoms with Crippen molar-refractivity contribution in [2.24, 2.45) is 5.92 Å². The van der Waals surface area contributed by atoms with Gasteiger partial charge in [0, 0.05) is 44.7 Å². The highest BCUT2D eigenvalue weighted by Crippen LogP contribution is 2.43. The first-order valence-electron chi connectivity index (χ1n) is 13.4. The topological polar surface area (TPSA) is 77.8 Å². The molecule has 3 aromatic rings. The Labute approximate surface area is 256 Å². The van der Waals surface area contributed by atoms with E-state index in [-0.39, 0.29) is 49.1 Å². The van der Waals surface area contributed by atoms with E-state index in [1.807, 2.05) is 11.9 Å². The molecule has 2 atom stereocenters. The molecule has 6 rings (SSSR count). The Morgan fingerprint density at radius 1 is 1.09 bits per heavy atom. The van der Waals surface area contributed by atoms with Crippen LogP contribution in [-0.4, -0.2) is 64.5 Å². The number of para-hydroxylation sites is 1. The smallest absolute Gasteiger partial charge is 0.362 e. The summed E-state index contributed by atoms with van der Waals surface area (Å²) in [5.74, 6) is -1.76. The number of fused-ring (bicyclic) bond motifs is 3. The third kappa shape index (κ3) is 5.42. The molecular formula is C28H29Cl2F4N7O2. The van der Waals surface area contributed by atoms with Crippen LogP contribution in [0.25, 0.3) is 0 Å². The van der Waals surface area contributed by atoms with Crippen LogP contribution >= 0.6 is 24.0 Å². The van der Waals surface area contributed by atoms with Crippen LogP contribution in [0, 0.1) is 18.8 Å². The zero-order valence-electron chi connectivity index (χ0n) is 23.5. The number of carbonyl (C=O) groups excluding carboxylic acids is 2. The Balaban J connectivity index is 0.00000368. The first-order valence-corrected chi connectivity index (χ1v) is 13.8. The molecule has 0 aliphatic carbocycles. The summed E-state index contributed by atoms with van der Waals surface area (Å²) in [5, 5.41) is 0.325. The number of nitrogens with zero attached hydrogens (tertiary/aromatic N) is 7. The number of halogens is 6. The second-order valence-corrected chi connectivity index (χ2v) is 11.5. The number of hydrogen-bond donors (Lipinski definition) is 0. The minimum absolute atomic E-state index is 0. The maximum Gasteiger partial charge on any atom is 0.416 e. The van der Waals surface area contributed by atoms with Crippen LogP contribution in [0.4, 0.5) is 34.8 Å². The van der Waals surface area contributed by atoms with Crippen LogP contribution in [0.15, 0.2) is 30.3 Å². The van der Waals surface area contributed by atoms with Gasteiger partial charge in [0.25, 0.3) is 0 Å². The minimum Gasteiger partial charge on any atom is -0.362 e. The van der Waals surface area contributed by atoms with E-state index in [1.165, 1.54) is 18.9 Å². The van der Waals surface area contributed by atoms with E-state index in [0.717, 1.165) is 17.0 Å². The lowest BCUT2D eigenvalue weighted by molar-refractivity contribution is -0.137. The van der Waals surface area contributed by atoms with Crippen LogP contribution in [0.1, 0.15) is 29.2 Å². The molecule has 0 radical (unpaired) electrons. The maximum atomic E-state index is 15.6. The number of amides is 2. The van der Waals surface area contributed by atoms with E-state index >= 15 is 4.39 Å². The number of alkyl halides is 3. The molecule has 9 nitrogen and oxygen atoms in total. The largest absolute Gasteiger partial charge is 0.416 e. The Hall–Kier alpha value is -3.42. The average Bonchev–Trinajstić information content (AvgIpc) is 3.40. The maximum absolute atomic E-state index is 15.6. The third-order valence-corrected chi connectivity index (χ3v) is 8.44. The Bertz CT molecular complexity index is 1600. The van der Waals surface area contributed by atoms with E-state index < -0.39 is 41.5 Å². The van der Waals surface area contributed by atoms with Gasteiger partial charge in [-0.1, -0.05) is 17.7 Å². The van der Waals surface area contributed by atoms with Crippen molar-refractivity contribution in [3.05, 3.63) is 64.1 Å². The predicted octanol–water partition coefficient (Wildman–Crippen LogP) is 4.67. The lowest BCUT2D eigenvalue weighted by Gasteiger charge is -2.39. The van der Waals surface area contributed by atoms with Gasteiger partial charge in [0.05, 0.1) is 35.1 Å². The number of aryl methyl sites for hydroxylation is 1. The Morgan fingerprint density at radius 2 is 1.84 bits per heavy atom. The van der Waals surface area contributed by atoms with Crippen molar-refractivity contribution in [1.29, 1.82) is 0 Å². The van der Waals surface area contributed by atoms with Gasteiger partial charge in [0.2, 0.25) is 17.8 Å². The lowest BCUT2D eigenvalue weighted by atomic mass is 9.95.